The first kappa shape index (κ1) is 22.4. The Morgan fingerprint density at radius 2 is 1.49 bits per heavy atom. The van der Waals surface area contributed by atoms with Crippen molar-refractivity contribution in [2.24, 2.45) is 0 Å². The Bertz CT molecular complexity index is 1530. The first-order valence-corrected chi connectivity index (χ1v) is 12.3. The van der Waals surface area contributed by atoms with Crippen molar-refractivity contribution in [3.8, 4) is 28.7 Å². The molecule has 1 aliphatic rings. The summed E-state index contributed by atoms with van der Waals surface area (Å²) in [5.41, 5.74) is 4.03. The van der Waals surface area contributed by atoms with E-state index in [2.05, 4.69) is 10.2 Å². The van der Waals surface area contributed by atoms with Crippen LogP contribution < -0.4 is 0 Å². The van der Waals surface area contributed by atoms with Crippen LogP contribution in [0.3, 0.4) is 0 Å². The number of benzene rings is 3. The standard InChI is InChI=1S/C27H19Cl3N4O/c1-16-23(25-32-33-26(35-25)27(14-15-27)17-6-8-18(28)9-7-17)31-24(21-4-2-3-5-22(21)30)34(16)20-12-10-19(29)11-13-20/h2-13H,14-15H2,1H3. The van der Waals surface area contributed by atoms with Gasteiger partial charge in [0.1, 0.15) is 11.5 Å². The number of hydrogen-bond acceptors (Lipinski definition) is 4. The first-order chi connectivity index (χ1) is 17.0. The Balaban J connectivity index is 1.48. The van der Waals surface area contributed by atoms with Crippen molar-refractivity contribution in [1.82, 2.24) is 19.7 Å². The number of halogens is 3. The van der Waals surface area contributed by atoms with Crippen molar-refractivity contribution in [1.29, 1.82) is 0 Å². The third kappa shape index (κ3) is 3.84. The summed E-state index contributed by atoms with van der Waals surface area (Å²) in [4.78, 5) is 4.94. The molecule has 5 aromatic rings. The van der Waals surface area contributed by atoms with Gasteiger partial charge in [-0.1, -0.05) is 59.1 Å². The zero-order chi connectivity index (χ0) is 24.2. The SMILES string of the molecule is Cc1c(-c2nnc(C3(c4ccc(Cl)cc4)CC3)o2)nc(-c2ccccc2Cl)n1-c1ccc(Cl)cc1. The molecule has 35 heavy (non-hydrogen) atoms. The highest BCUT2D eigenvalue weighted by molar-refractivity contribution is 6.33. The molecular weight excluding hydrogens is 503 g/mol. The van der Waals surface area contributed by atoms with Gasteiger partial charge in [0, 0.05) is 21.3 Å². The fraction of sp³-hybridized carbons (Fsp3) is 0.148. The molecule has 0 atom stereocenters. The Hall–Kier alpha value is -3.12. The molecule has 174 valence electrons. The molecule has 2 aromatic heterocycles. The van der Waals surface area contributed by atoms with Crippen LogP contribution in [0.15, 0.2) is 77.2 Å². The van der Waals surface area contributed by atoms with Gasteiger partial charge in [0.15, 0.2) is 0 Å². The lowest BCUT2D eigenvalue weighted by atomic mass is 9.96. The summed E-state index contributed by atoms with van der Waals surface area (Å²) in [5, 5.41) is 10.8. The third-order valence-corrected chi connectivity index (χ3v) is 7.32. The maximum Gasteiger partial charge on any atom is 0.268 e. The van der Waals surface area contributed by atoms with Gasteiger partial charge in [0.25, 0.3) is 5.89 Å². The maximum absolute atomic E-state index is 6.57. The summed E-state index contributed by atoms with van der Waals surface area (Å²) >= 11 is 18.8. The van der Waals surface area contributed by atoms with Gasteiger partial charge in [-0.15, -0.1) is 10.2 Å². The topological polar surface area (TPSA) is 56.7 Å². The van der Waals surface area contributed by atoms with Gasteiger partial charge in [0.05, 0.1) is 16.1 Å². The van der Waals surface area contributed by atoms with Gasteiger partial charge in [-0.05, 0) is 73.9 Å². The predicted octanol–water partition coefficient (Wildman–Crippen LogP) is 7.94. The van der Waals surface area contributed by atoms with E-state index >= 15 is 0 Å². The minimum Gasteiger partial charge on any atom is -0.418 e. The third-order valence-electron chi connectivity index (χ3n) is 6.49. The first-order valence-electron chi connectivity index (χ1n) is 11.2. The Labute approximate surface area is 217 Å². The molecule has 3 aromatic carbocycles. The molecule has 0 spiro atoms. The fourth-order valence-electron chi connectivity index (χ4n) is 4.47. The number of aromatic nitrogens is 4. The van der Waals surface area contributed by atoms with E-state index < -0.39 is 0 Å². The van der Waals surface area contributed by atoms with Crippen molar-refractivity contribution in [2.45, 2.75) is 25.2 Å². The second kappa shape index (κ2) is 8.52. The van der Waals surface area contributed by atoms with Crippen molar-refractivity contribution < 1.29 is 4.42 Å². The second-order valence-electron chi connectivity index (χ2n) is 8.66. The molecule has 8 heteroatoms. The van der Waals surface area contributed by atoms with Crippen LogP contribution in [-0.2, 0) is 5.41 Å². The molecule has 0 radical (unpaired) electrons. The Morgan fingerprint density at radius 3 is 2.14 bits per heavy atom. The molecule has 2 heterocycles. The lowest BCUT2D eigenvalue weighted by molar-refractivity contribution is 0.471. The lowest BCUT2D eigenvalue weighted by Crippen LogP contribution is -2.08. The minimum absolute atomic E-state index is 0.270. The quantitative estimate of drug-likeness (QED) is 0.235. The normalized spacial score (nSPS) is 14.3. The second-order valence-corrected chi connectivity index (χ2v) is 9.94. The van der Waals surface area contributed by atoms with Gasteiger partial charge >= 0.3 is 0 Å². The van der Waals surface area contributed by atoms with E-state index in [1.807, 2.05) is 84.3 Å². The van der Waals surface area contributed by atoms with Crippen LogP contribution in [0.1, 0.15) is 30.0 Å². The molecule has 5 nitrogen and oxygen atoms in total. The minimum atomic E-state index is -0.270. The molecule has 6 rings (SSSR count). The molecule has 0 unspecified atom stereocenters. The molecule has 1 fully saturated rings. The van der Waals surface area contributed by atoms with Crippen LogP contribution in [0.25, 0.3) is 28.7 Å². The smallest absolute Gasteiger partial charge is 0.268 e. The van der Waals surface area contributed by atoms with Gasteiger partial charge in [-0.2, -0.15) is 0 Å². The summed E-state index contributed by atoms with van der Waals surface area (Å²) < 4.78 is 8.30. The van der Waals surface area contributed by atoms with Crippen LogP contribution in [-0.4, -0.2) is 19.7 Å². The zero-order valence-electron chi connectivity index (χ0n) is 18.7. The van der Waals surface area contributed by atoms with E-state index in [0.717, 1.165) is 35.3 Å². The van der Waals surface area contributed by atoms with Gasteiger partial charge < -0.3 is 4.42 Å². The lowest BCUT2D eigenvalue weighted by Gasteiger charge is -2.11. The monoisotopic (exact) mass is 520 g/mol. The molecular formula is C27H19Cl3N4O. The van der Waals surface area contributed by atoms with E-state index in [-0.39, 0.29) is 5.41 Å². The van der Waals surface area contributed by atoms with Crippen molar-refractivity contribution in [2.75, 3.05) is 0 Å². The molecule has 1 aliphatic carbocycles. The van der Waals surface area contributed by atoms with Crippen LogP contribution in [0.4, 0.5) is 0 Å². The summed E-state index contributed by atoms with van der Waals surface area (Å²) in [6.07, 6.45) is 1.89. The predicted molar refractivity (Wildman–Crippen MR) is 139 cm³/mol. The molecule has 0 amide bonds. The molecule has 0 N–H and O–H groups in total. The molecule has 0 saturated heterocycles. The van der Waals surface area contributed by atoms with Gasteiger partial charge in [-0.25, -0.2) is 4.98 Å². The highest BCUT2D eigenvalue weighted by Gasteiger charge is 2.51. The van der Waals surface area contributed by atoms with E-state index in [4.69, 9.17) is 44.2 Å². The van der Waals surface area contributed by atoms with E-state index in [1.54, 1.807) is 0 Å². The van der Waals surface area contributed by atoms with Gasteiger partial charge in [-0.3, -0.25) is 4.57 Å². The molecule has 1 saturated carbocycles. The number of imidazole rings is 1. The van der Waals surface area contributed by atoms with Gasteiger partial charge in [0.2, 0.25) is 5.89 Å². The van der Waals surface area contributed by atoms with Crippen LogP contribution in [0, 0.1) is 6.92 Å². The van der Waals surface area contributed by atoms with Crippen molar-refractivity contribution >= 4 is 34.8 Å². The van der Waals surface area contributed by atoms with Crippen LogP contribution >= 0.6 is 34.8 Å². The molecule has 0 bridgehead atoms. The number of nitrogens with zero attached hydrogens (tertiary/aromatic N) is 4. The van der Waals surface area contributed by atoms with Crippen LogP contribution in [0.2, 0.25) is 15.1 Å². The largest absolute Gasteiger partial charge is 0.418 e. The average Bonchev–Trinajstić information content (AvgIpc) is 3.39. The number of hydrogen-bond donors (Lipinski definition) is 0. The average molecular weight is 522 g/mol. The van der Waals surface area contributed by atoms with Crippen molar-refractivity contribution in [3.63, 3.8) is 0 Å². The van der Waals surface area contributed by atoms with E-state index in [0.29, 0.717) is 38.4 Å². The Morgan fingerprint density at radius 1 is 0.829 bits per heavy atom. The maximum atomic E-state index is 6.57. The zero-order valence-corrected chi connectivity index (χ0v) is 20.9. The summed E-state index contributed by atoms with van der Waals surface area (Å²) in [6.45, 7) is 1.98. The summed E-state index contributed by atoms with van der Waals surface area (Å²) in [6, 6.07) is 23.0. The Kier molecular flexibility index (Phi) is 5.44. The summed E-state index contributed by atoms with van der Waals surface area (Å²) in [5.74, 6) is 1.65. The van der Waals surface area contributed by atoms with E-state index in [9.17, 15) is 0 Å². The summed E-state index contributed by atoms with van der Waals surface area (Å²) in [7, 11) is 0. The fourth-order valence-corrected chi connectivity index (χ4v) is 4.94. The van der Waals surface area contributed by atoms with Crippen molar-refractivity contribution in [3.05, 3.63) is 105 Å². The van der Waals surface area contributed by atoms with Crippen LogP contribution in [0.5, 0.6) is 0 Å². The molecule has 0 aliphatic heterocycles. The highest BCUT2D eigenvalue weighted by Crippen LogP contribution is 2.53. The number of rotatable bonds is 5. The van der Waals surface area contributed by atoms with E-state index in [1.165, 1.54) is 0 Å². The highest BCUT2D eigenvalue weighted by atomic mass is 35.5.